The molecule has 0 fully saturated rings. The van der Waals surface area contributed by atoms with Crippen LogP contribution in [0.25, 0.3) is 0 Å². The summed E-state index contributed by atoms with van der Waals surface area (Å²) in [5, 5.41) is 0. The number of rotatable bonds is 7. The van der Waals surface area contributed by atoms with Crippen molar-refractivity contribution in [3.63, 3.8) is 0 Å². The van der Waals surface area contributed by atoms with Crippen LogP contribution in [0, 0.1) is 6.92 Å². The van der Waals surface area contributed by atoms with Crippen LogP contribution < -0.4 is 0 Å². The molecule has 6 heteroatoms. The van der Waals surface area contributed by atoms with Gasteiger partial charge in [-0.15, -0.1) is 23.1 Å². The summed E-state index contributed by atoms with van der Waals surface area (Å²) in [5.41, 5.74) is 2.12. The van der Waals surface area contributed by atoms with Gasteiger partial charge in [0, 0.05) is 6.54 Å². The molecule has 2 aromatic rings. The highest BCUT2D eigenvalue weighted by molar-refractivity contribution is 8.00. The summed E-state index contributed by atoms with van der Waals surface area (Å²) in [7, 11) is 0. The summed E-state index contributed by atoms with van der Waals surface area (Å²) in [4.78, 5) is 26.9. The van der Waals surface area contributed by atoms with Gasteiger partial charge in [-0.1, -0.05) is 24.3 Å². The van der Waals surface area contributed by atoms with Gasteiger partial charge in [-0.25, -0.2) is 0 Å². The predicted molar refractivity (Wildman–Crippen MR) is 98.7 cm³/mol. The quantitative estimate of drug-likeness (QED) is 0.551. The van der Waals surface area contributed by atoms with Crippen molar-refractivity contribution in [1.82, 2.24) is 4.90 Å². The maximum Gasteiger partial charge on any atom is 0.325 e. The van der Waals surface area contributed by atoms with Crippen LogP contribution in [0.1, 0.15) is 27.7 Å². The minimum atomic E-state index is -0.388. The third kappa shape index (κ3) is 4.85. The van der Waals surface area contributed by atoms with Crippen molar-refractivity contribution in [3.05, 3.63) is 52.4 Å². The molecule has 0 saturated heterocycles. The smallest absolute Gasteiger partial charge is 0.325 e. The normalized spacial score (nSPS) is 10.5. The molecule has 1 heterocycles. The fraction of sp³-hybridized carbons (Fsp3) is 0.333. The molecule has 0 radical (unpaired) electrons. The van der Waals surface area contributed by atoms with Crippen molar-refractivity contribution < 1.29 is 14.3 Å². The van der Waals surface area contributed by atoms with Crippen molar-refractivity contribution in [2.45, 2.75) is 24.6 Å². The Bertz CT molecular complexity index is 712. The van der Waals surface area contributed by atoms with Gasteiger partial charge in [0.05, 0.1) is 15.7 Å². The number of amides is 1. The molecule has 0 saturated carbocycles. The second-order valence-electron chi connectivity index (χ2n) is 5.22. The van der Waals surface area contributed by atoms with E-state index in [4.69, 9.17) is 4.74 Å². The summed E-state index contributed by atoms with van der Waals surface area (Å²) in [5.74, 6) is -0.530. The molecular formula is C18H21NO3S2. The monoisotopic (exact) mass is 363 g/mol. The second-order valence-corrected chi connectivity index (χ2v) is 7.41. The van der Waals surface area contributed by atoms with Crippen molar-refractivity contribution in [2.75, 3.05) is 19.4 Å². The zero-order valence-electron chi connectivity index (χ0n) is 14.1. The molecule has 0 unspecified atom stereocenters. The molecule has 0 N–H and O–H groups in total. The molecule has 4 nitrogen and oxygen atoms in total. The molecule has 1 amide bonds. The molecular weight excluding hydrogens is 342 g/mol. The van der Waals surface area contributed by atoms with E-state index >= 15 is 0 Å². The lowest BCUT2D eigenvalue weighted by Crippen LogP contribution is -2.35. The van der Waals surface area contributed by atoms with E-state index in [9.17, 15) is 9.59 Å². The van der Waals surface area contributed by atoms with Crippen molar-refractivity contribution in [1.29, 1.82) is 0 Å². The Morgan fingerprint density at radius 1 is 1.21 bits per heavy atom. The number of nitrogens with zero attached hydrogens (tertiary/aromatic N) is 1. The molecule has 0 bridgehead atoms. The fourth-order valence-electron chi connectivity index (χ4n) is 2.26. The second kappa shape index (κ2) is 8.89. The Morgan fingerprint density at radius 3 is 2.58 bits per heavy atom. The summed E-state index contributed by atoms with van der Waals surface area (Å²) in [6, 6.07) is 11.6. The Kier molecular flexibility index (Phi) is 6.87. The number of aryl methyl sites for hydroxylation is 1. The van der Waals surface area contributed by atoms with E-state index in [-0.39, 0.29) is 18.4 Å². The molecule has 2 rings (SSSR count). The van der Waals surface area contributed by atoms with E-state index in [1.807, 2.05) is 49.6 Å². The maximum atomic E-state index is 12.8. The Morgan fingerprint density at radius 2 is 1.96 bits per heavy atom. The van der Waals surface area contributed by atoms with Crippen LogP contribution in [0.2, 0.25) is 0 Å². The summed E-state index contributed by atoms with van der Waals surface area (Å²) in [6.07, 6.45) is 1.98. The number of hydrogen-bond acceptors (Lipinski definition) is 5. The molecule has 0 spiro atoms. The number of carbonyl (C=O) groups is 2. The molecule has 0 aliphatic rings. The topological polar surface area (TPSA) is 46.6 Å². The van der Waals surface area contributed by atoms with Gasteiger partial charge in [-0.2, -0.15) is 0 Å². The van der Waals surface area contributed by atoms with E-state index in [1.165, 1.54) is 11.3 Å². The number of carbonyl (C=O) groups excluding carboxylic acids is 2. The lowest BCUT2D eigenvalue weighted by atomic mass is 10.1. The number of benzene rings is 1. The van der Waals surface area contributed by atoms with Crippen molar-refractivity contribution in [3.8, 4) is 0 Å². The van der Waals surface area contributed by atoms with Gasteiger partial charge in [0.15, 0.2) is 0 Å². The Labute approximate surface area is 150 Å². The average Bonchev–Trinajstić information content (AvgIpc) is 3.05. The summed E-state index contributed by atoms with van der Waals surface area (Å²) < 4.78 is 6.09. The SMILES string of the molecule is CCOC(=O)CN(Cc1ccccc1C)C(=O)c1ccc(SC)s1. The number of hydrogen-bond donors (Lipinski definition) is 0. The largest absolute Gasteiger partial charge is 0.465 e. The van der Waals surface area contributed by atoms with Gasteiger partial charge in [-0.3, -0.25) is 9.59 Å². The van der Waals surface area contributed by atoms with Crippen molar-refractivity contribution in [2.24, 2.45) is 0 Å². The van der Waals surface area contributed by atoms with Crippen LogP contribution in [-0.2, 0) is 16.1 Å². The molecule has 24 heavy (non-hydrogen) atoms. The van der Waals surface area contributed by atoms with Crippen LogP contribution in [0.15, 0.2) is 40.6 Å². The van der Waals surface area contributed by atoms with Gasteiger partial charge in [0.25, 0.3) is 5.91 Å². The third-order valence-electron chi connectivity index (χ3n) is 3.53. The number of esters is 1. The molecule has 128 valence electrons. The molecule has 1 aromatic carbocycles. The Balaban J connectivity index is 2.22. The van der Waals surface area contributed by atoms with E-state index in [2.05, 4.69) is 0 Å². The highest BCUT2D eigenvalue weighted by Crippen LogP contribution is 2.26. The zero-order chi connectivity index (χ0) is 17.5. The predicted octanol–water partition coefficient (Wildman–Crippen LogP) is 3.98. The minimum Gasteiger partial charge on any atom is -0.465 e. The van der Waals surface area contributed by atoms with Crippen molar-refractivity contribution >= 4 is 35.0 Å². The number of thioether (sulfide) groups is 1. The molecule has 0 atom stereocenters. The highest BCUT2D eigenvalue weighted by atomic mass is 32.2. The number of thiophene rings is 1. The summed E-state index contributed by atoms with van der Waals surface area (Å²) in [6.45, 7) is 4.40. The first-order valence-corrected chi connectivity index (χ1v) is 9.72. The van der Waals surface area contributed by atoms with Crippen LogP contribution >= 0.6 is 23.1 Å². The van der Waals surface area contributed by atoms with Gasteiger partial charge in [0.1, 0.15) is 6.54 Å². The van der Waals surface area contributed by atoms with Gasteiger partial charge in [0.2, 0.25) is 0 Å². The minimum absolute atomic E-state index is 0.0481. The number of ether oxygens (including phenoxy) is 1. The first-order valence-electron chi connectivity index (χ1n) is 7.68. The Hall–Kier alpha value is -1.79. The van der Waals surface area contributed by atoms with E-state index in [0.717, 1.165) is 15.3 Å². The van der Waals surface area contributed by atoms with E-state index in [1.54, 1.807) is 23.6 Å². The first kappa shape index (κ1) is 18.5. The van der Waals surface area contributed by atoms with Gasteiger partial charge in [-0.05, 0) is 43.4 Å². The lowest BCUT2D eigenvalue weighted by Gasteiger charge is -2.22. The zero-order valence-corrected chi connectivity index (χ0v) is 15.7. The molecule has 0 aliphatic carbocycles. The van der Waals surface area contributed by atoms with Crippen LogP contribution in [0.3, 0.4) is 0 Å². The van der Waals surface area contributed by atoms with Crippen LogP contribution in [0.5, 0.6) is 0 Å². The molecule has 0 aliphatic heterocycles. The highest BCUT2D eigenvalue weighted by Gasteiger charge is 2.22. The summed E-state index contributed by atoms with van der Waals surface area (Å²) >= 11 is 3.05. The van der Waals surface area contributed by atoms with Gasteiger partial charge >= 0.3 is 5.97 Å². The third-order valence-corrected chi connectivity index (χ3v) is 5.68. The first-order chi connectivity index (χ1) is 11.5. The molecule has 1 aromatic heterocycles. The van der Waals surface area contributed by atoms with E-state index < -0.39 is 0 Å². The standard InChI is InChI=1S/C18H21NO3S2/c1-4-22-16(20)12-19(11-14-8-6-5-7-13(14)2)18(21)15-9-10-17(23-3)24-15/h5-10H,4,11-12H2,1-3H3. The lowest BCUT2D eigenvalue weighted by molar-refractivity contribution is -0.143. The van der Waals surface area contributed by atoms with Gasteiger partial charge < -0.3 is 9.64 Å². The van der Waals surface area contributed by atoms with E-state index in [0.29, 0.717) is 18.0 Å². The van der Waals surface area contributed by atoms with Crippen LogP contribution in [0.4, 0.5) is 0 Å². The van der Waals surface area contributed by atoms with Crippen LogP contribution in [-0.4, -0.2) is 36.2 Å². The fourth-order valence-corrected chi connectivity index (χ4v) is 3.77. The maximum absolute atomic E-state index is 12.8. The average molecular weight is 364 g/mol.